The van der Waals surface area contributed by atoms with E-state index in [0.717, 1.165) is 5.92 Å². The van der Waals surface area contributed by atoms with Gasteiger partial charge in [0.1, 0.15) is 0 Å². The van der Waals surface area contributed by atoms with E-state index in [4.69, 9.17) is 0 Å². The van der Waals surface area contributed by atoms with E-state index in [-0.39, 0.29) is 6.71 Å². The minimum absolute atomic E-state index is 0.279. The largest absolute Gasteiger partial charge is 0.377 e. The van der Waals surface area contributed by atoms with Crippen molar-refractivity contribution >= 4 is 61.1 Å². The molecule has 0 aromatic heterocycles. The molecular weight excluding hydrogens is 505 g/mol. The molecule has 1 heterocycles. The second-order valence-corrected chi connectivity index (χ2v) is 12.1. The molecule has 2 heteroatoms. The summed E-state index contributed by atoms with van der Waals surface area (Å²) in [5, 5.41) is 8.13. The van der Waals surface area contributed by atoms with Crippen LogP contribution in [0, 0.1) is 5.92 Å². The zero-order chi connectivity index (χ0) is 29.2. The zero-order valence-corrected chi connectivity index (χ0v) is 25.3. The number of anilines is 1. The Labute approximate surface area is 250 Å². The van der Waals surface area contributed by atoms with Gasteiger partial charge in [-0.15, -0.1) is 0 Å². The molecule has 0 saturated carbocycles. The van der Waals surface area contributed by atoms with Crippen molar-refractivity contribution in [2.75, 3.05) is 19.0 Å². The molecule has 7 aromatic rings. The van der Waals surface area contributed by atoms with Gasteiger partial charge in [0.15, 0.2) is 0 Å². The maximum Gasteiger partial charge on any atom is 0.242 e. The second-order valence-electron chi connectivity index (χ2n) is 12.1. The highest BCUT2D eigenvalue weighted by molar-refractivity contribution is 6.99. The van der Waals surface area contributed by atoms with Crippen LogP contribution >= 0.6 is 0 Å². The maximum atomic E-state index is 2.45. The van der Waals surface area contributed by atoms with E-state index >= 15 is 0 Å². The molecule has 0 aliphatic carbocycles. The fraction of sp³-hybridized carbons (Fsp3) is 0.150. The van der Waals surface area contributed by atoms with Crippen LogP contribution in [0.4, 0.5) is 5.69 Å². The van der Waals surface area contributed by atoms with Gasteiger partial charge in [-0.25, -0.2) is 0 Å². The summed E-state index contributed by atoms with van der Waals surface area (Å²) in [6, 6.07) is 48.2. The Morgan fingerprint density at radius 3 is 1.71 bits per heavy atom. The van der Waals surface area contributed by atoms with Gasteiger partial charge in [-0.2, -0.15) is 0 Å². The van der Waals surface area contributed by atoms with Crippen molar-refractivity contribution < 1.29 is 0 Å². The van der Waals surface area contributed by atoms with Gasteiger partial charge in [0.2, 0.25) is 6.71 Å². The van der Waals surface area contributed by atoms with Gasteiger partial charge < -0.3 is 4.90 Å². The van der Waals surface area contributed by atoms with E-state index in [0.29, 0.717) is 0 Å². The Morgan fingerprint density at radius 1 is 0.524 bits per heavy atom. The Hall–Kier alpha value is -4.56. The first-order valence-corrected chi connectivity index (χ1v) is 15.0. The summed E-state index contributed by atoms with van der Waals surface area (Å²) in [5.74, 6) is 0.833. The number of nitrogens with zero attached hydrogens (tertiary/aromatic N) is 1. The molecule has 1 nitrogen and oxygen atoms in total. The van der Waals surface area contributed by atoms with Crippen molar-refractivity contribution in [2.24, 2.45) is 5.92 Å². The van der Waals surface area contributed by atoms with Crippen molar-refractivity contribution in [3.63, 3.8) is 0 Å². The molecule has 0 atom stereocenters. The van der Waals surface area contributed by atoms with E-state index in [9.17, 15) is 0 Å². The molecule has 0 N–H and O–H groups in total. The van der Waals surface area contributed by atoms with E-state index in [2.05, 4.69) is 137 Å². The summed E-state index contributed by atoms with van der Waals surface area (Å²) in [6.07, 6.45) is 0. The summed E-state index contributed by atoms with van der Waals surface area (Å²) < 4.78 is 0. The lowest BCUT2D eigenvalue weighted by molar-refractivity contribution is 0.737. The smallest absolute Gasteiger partial charge is 0.242 e. The Morgan fingerprint density at radius 2 is 1.05 bits per heavy atom. The third-order valence-electron chi connectivity index (χ3n) is 7.92. The van der Waals surface area contributed by atoms with Gasteiger partial charge >= 0.3 is 0 Å². The summed E-state index contributed by atoms with van der Waals surface area (Å²) in [4.78, 5) is 2.22. The molecule has 7 aromatic carbocycles. The number of fused-ring (bicyclic) bond motifs is 4. The van der Waals surface area contributed by atoms with Crippen molar-refractivity contribution in [3.05, 3.63) is 133 Å². The number of hydrogen-bond acceptors (Lipinski definition) is 1. The molecule has 1 aliphatic heterocycles. The van der Waals surface area contributed by atoms with Gasteiger partial charge in [0.05, 0.1) is 0 Å². The van der Waals surface area contributed by atoms with Crippen LogP contribution in [0.25, 0.3) is 43.4 Å². The quantitative estimate of drug-likeness (QED) is 0.156. The summed E-state index contributed by atoms with van der Waals surface area (Å²) in [7, 11) is 4.26. The highest BCUT2D eigenvalue weighted by atomic mass is 15.1. The van der Waals surface area contributed by atoms with Gasteiger partial charge in [-0.05, 0) is 50.0 Å². The molecule has 206 valence electrons. The fourth-order valence-corrected chi connectivity index (χ4v) is 6.33. The van der Waals surface area contributed by atoms with Gasteiger partial charge in [-0.3, -0.25) is 0 Å². The van der Waals surface area contributed by atoms with Crippen LogP contribution in [0.1, 0.15) is 20.8 Å². The predicted octanol–water partition coefficient (Wildman–Crippen LogP) is 8.50. The molecular formula is C40H38BN. The topological polar surface area (TPSA) is 3.24 Å². The van der Waals surface area contributed by atoms with E-state index in [1.54, 1.807) is 0 Å². The monoisotopic (exact) mass is 543 g/mol. The van der Waals surface area contributed by atoms with Gasteiger partial charge in [-0.1, -0.05) is 165 Å². The molecule has 0 bridgehead atoms. The average Bonchev–Trinajstić information content (AvgIpc) is 3.35. The molecule has 0 spiro atoms. The summed E-state index contributed by atoms with van der Waals surface area (Å²) >= 11 is 0. The summed E-state index contributed by atoms with van der Waals surface area (Å²) in [5.41, 5.74) is 8.26. The minimum Gasteiger partial charge on any atom is -0.377 e. The van der Waals surface area contributed by atoms with Crippen LogP contribution < -0.4 is 21.3 Å². The van der Waals surface area contributed by atoms with Crippen molar-refractivity contribution in [3.8, 4) is 11.1 Å². The van der Waals surface area contributed by atoms with Gasteiger partial charge in [0.25, 0.3) is 0 Å². The van der Waals surface area contributed by atoms with E-state index < -0.39 is 0 Å². The second kappa shape index (κ2) is 11.7. The lowest BCUT2D eigenvalue weighted by atomic mass is 9.39. The lowest BCUT2D eigenvalue weighted by Gasteiger charge is -2.20. The van der Waals surface area contributed by atoms with Crippen LogP contribution in [-0.4, -0.2) is 20.8 Å². The molecule has 0 fully saturated rings. The first kappa shape index (κ1) is 27.6. The highest BCUT2D eigenvalue weighted by Gasteiger charge is 2.35. The SMILES string of the molecule is CC(C)C.CN(C)c1ccc2ccc3c4c(cc5ccc1c2c53)B(c1ccccc1)c1ccccc1-4.c1ccccc1. The molecule has 1 aliphatic rings. The summed E-state index contributed by atoms with van der Waals surface area (Å²) in [6.45, 7) is 6.78. The Bertz CT molecular complexity index is 1910. The first-order valence-electron chi connectivity index (χ1n) is 15.0. The molecule has 0 saturated heterocycles. The average molecular weight is 544 g/mol. The lowest BCUT2D eigenvalue weighted by Crippen LogP contribution is -2.48. The van der Waals surface area contributed by atoms with Crippen LogP contribution in [0.5, 0.6) is 0 Å². The third kappa shape index (κ3) is 5.03. The van der Waals surface area contributed by atoms with Crippen LogP contribution in [0.15, 0.2) is 133 Å². The third-order valence-corrected chi connectivity index (χ3v) is 7.92. The molecule has 8 rings (SSSR count). The normalized spacial score (nSPS) is 11.6. The van der Waals surface area contributed by atoms with Crippen LogP contribution in [0.2, 0.25) is 0 Å². The molecule has 0 unspecified atom stereocenters. The van der Waals surface area contributed by atoms with E-state index in [1.807, 2.05) is 36.4 Å². The van der Waals surface area contributed by atoms with Crippen molar-refractivity contribution in [2.45, 2.75) is 20.8 Å². The predicted molar refractivity (Wildman–Crippen MR) is 188 cm³/mol. The maximum absolute atomic E-state index is 2.45. The number of hydrogen-bond donors (Lipinski definition) is 0. The fourth-order valence-electron chi connectivity index (χ4n) is 6.33. The number of benzene rings is 7. The van der Waals surface area contributed by atoms with Gasteiger partial charge in [0, 0.05) is 25.2 Å². The molecule has 0 radical (unpaired) electrons. The Balaban J connectivity index is 0.000000272. The highest BCUT2D eigenvalue weighted by Crippen LogP contribution is 2.42. The zero-order valence-electron chi connectivity index (χ0n) is 25.3. The van der Waals surface area contributed by atoms with Crippen LogP contribution in [-0.2, 0) is 0 Å². The van der Waals surface area contributed by atoms with Crippen molar-refractivity contribution in [1.82, 2.24) is 0 Å². The van der Waals surface area contributed by atoms with Crippen molar-refractivity contribution in [1.29, 1.82) is 0 Å². The van der Waals surface area contributed by atoms with E-state index in [1.165, 1.54) is 65.5 Å². The Kier molecular flexibility index (Phi) is 7.72. The van der Waals surface area contributed by atoms with Crippen LogP contribution in [0.3, 0.4) is 0 Å². The molecule has 0 amide bonds. The first-order chi connectivity index (χ1) is 20.5. The minimum atomic E-state index is 0.279. The molecule has 42 heavy (non-hydrogen) atoms. The standard InChI is InChI=1S/C30H22BN.C6H6.C4H10/c1-32(2)27-17-14-19-12-16-24-29-20(13-15-23(27)28(19)29)18-26-30(24)22-10-6-7-11-25(22)31(26)21-8-4-3-5-9-21;1-2-4-6-5-3-1;1-4(2)3/h3-18H,1-2H3;1-6H;4H,1-3H3. The number of rotatable bonds is 2.